The molecule has 2 heterocycles. The van der Waals surface area contributed by atoms with Crippen molar-refractivity contribution in [3.8, 4) is 0 Å². The number of rotatable bonds is 3. The Hall–Kier alpha value is 0.220. The second kappa shape index (κ2) is 5.03. The van der Waals surface area contributed by atoms with Gasteiger partial charge < -0.3 is 5.32 Å². The molecule has 2 aliphatic heterocycles. The first-order valence-corrected chi connectivity index (χ1v) is 8.18. The van der Waals surface area contributed by atoms with Crippen LogP contribution in [0.1, 0.15) is 19.3 Å². The van der Waals surface area contributed by atoms with Crippen LogP contribution in [0.2, 0.25) is 0 Å². The van der Waals surface area contributed by atoms with Gasteiger partial charge in [-0.3, -0.25) is 0 Å². The van der Waals surface area contributed by atoms with E-state index in [1.807, 2.05) is 11.8 Å². The molecule has 0 aliphatic carbocycles. The van der Waals surface area contributed by atoms with Gasteiger partial charge in [-0.25, -0.2) is 13.1 Å². The molecule has 0 aromatic rings. The summed E-state index contributed by atoms with van der Waals surface area (Å²) in [5, 5.41) is 3.01. The molecule has 0 spiro atoms. The second-order valence-electron chi connectivity index (χ2n) is 4.17. The molecule has 0 aromatic carbocycles. The number of piperidine rings is 1. The summed E-state index contributed by atoms with van der Waals surface area (Å²) >= 11 is 1.83. The van der Waals surface area contributed by atoms with Gasteiger partial charge in [-0.1, -0.05) is 0 Å². The Morgan fingerprint density at radius 3 is 2.53 bits per heavy atom. The molecule has 2 saturated heterocycles. The van der Waals surface area contributed by atoms with Gasteiger partial charge in [0.25, 0.3) is 0 Å². The molecule has 2 N–H and O–H groups in total. The van der Waals surface area contributed by atoms with Crippen molar-refractivity contribution < 1.29 is 8.42 Å². The Kier molecular flexibility index (Phi) is 3.93. The monoisotopic (exact) mass is 250 g/mol. The summed E-state index contributed by atoms with van der Waals surface area (Å²) < 4.78 is 26.8. The van der Waals surface area contributed by atoms with Crippen LogP contribution in [0, 0.1) is 0 Å². The lowest BCUT2D eigenvalue weighted by Gasteiger charge is -2.24. The molecule has 2 rings (SSSR count). The van der Waals surface area contributed by atoms with Crippen molar-refractivity contribution in [2.45, 2.75) is 30.6 Å². The van der Waals surface area contributed by atoms with Gasteiger partial charge in [-0.05, 0) is 38.1 Å². The Morgan fingerprint density at radius 1 is 1.20 bits per heavy atom. The van der Waals surface area contributed by atoms with Crippen LogP contribution in [0.5, 0.6) is 0 Å². The van der Waals surface area contributed by atoms with Crippen LogP contribution >= 0.6 is 11.8 Å². The van der Waals surface area contributed by atoms with Crippen LogP contribution in [0.4, 0.5) is 0 Å². The minimum Gasteiger partial charge on any atom is -0.317 e. The highest BCUT2D eigenvalue weighted by Crippen LogP contribution is 2.20. The zero-order chi connectivity index (χ0) is 10.7. The summed E-state index contributed by atoms with van der Waals surface area (Å²) in [5.74, 6) is 2.02. The predicted molar refractivity (Wildman–Crippen MR) is 63.7 cm³/mol. The van der Waals surface area contributed by atoms with E-state index in [0.717, 1.165) is 43.9 Å². The Morgan fingerprint density at radius 2 is 1.93 bits per heavy atom. The van der Waals surface area contributed by atoms with Crippen molar-refractivity contribution in [1.29, 1.82) is 0 Å². The average Bonchev–Trinajstić information content (AvgIpc) is 2.71. The summed E-state index contributed by atoms with van der Waals surface area (Å²) in [4.78, 5) is 0. The van der Waals surface area contributed by atoms with E-state index < -0.39 is 10.0 Å². The molecule has 2 fully saturated rings. The maximum atomic E-state index is 12.0. The van der Waals surface area contributed by atoms with E-state index >= 15 is 0 Å². The molecular weight excluding hydrogens is 232 g/mol. The van der Waals surface area contributed by atoms with Crippen LogP contribution in [0.25, 0.3) is 0 Å². The molecular formula is C9H18N2O2S2. The topological polar surface area (TPSA) is 58.2 Å². The normalized spacial score (nSPS) is 29.5. The molecule has 0 saturated carbocycles. The minimum atomic E-state index is -3.07. The first-order valence-electron chi connectivity index (χ1n) is 5.48. The Bertz CT molecular complexity index is 293. The van der Waals surface area contributed by atoms with Crippen molar-refractivity contribution in [2.24, 2.45) is 0 Å². The SMILES string of the molecule is O=S(=O)(NC1CCSC1)C1CCNCC1. The van der Waals surface area contributed by atoms with Gasteiger partial charge in [0.15, 0.2) is 0 Å². The van der Waals surface area contributed by atoms with Gasteiger partial charge in [0, 0.05) is 11.8 Å². The smallest absolute Gasteiger partial charge is 0.214 e. The van der Waals surface area contributed by atoms with E-state index in [9.17, 15) is 8.42 Å². The van der Waals surface area contributed by atoms with Crippen LogP contribution in [-0.4, -0.2) is 44.3 Å². The number of hydrogen-bond acceptors (Lipinski definition) is 4. The lowest BCUT2D eigenvalue weighted by Crippen LogP contribution is -2.45. The van der Waals surface area contributed by atoms with Crippen molar-refractivity contribution in [2.75, 3.05) is 24.6 Å². The molecule has 1 unspecified atom stereocenters. The van der Waals surface area contributed by atoms with E-state index in [0.29, 0.717) is 0 Å². The summed E-state index contributed by atoms with van der Waals surface area (Å²) in [6, 6.07) is 0.176. The zero-order valence-electron chi connectivity index (χ0n) is 8.74. The molecule has 88 valence electrons. The number of hydrogen-bond donors (Lipinski definition) is 2. The Balaban J connectivity index is 1.92. The maximum absolute atomic E-state index is 12.0. The quantitative estimate of drug-likeness (QED) is 0.749. The fourth-order valence-corrected chi connectivity index (χ4v) is 5.03. The van der Waals surface area contributed by atoms with Gasteiger partial charge in [0.2, 0.25) is 10.0 Å². The molecule has 0 bridgehead atoms. The summed E-state index contributed by atoms with van der Waals surface area (Å²) in [7, 11) is -3.07. The van der Waals surface area contributed by atoms with E-state index in [4.69, 9.17) is 0 Å². The highest BCUT2D eigenvalue weighted by atomic mass is 32.2. The van der Waals surface area contributed by atoms with Crippen molar-refractivity contribution >= 4 is 21.8 Å². The van der Waals surface area contributed by atoms with Gasteiger partial charge in [0.05, 0.1) is 5.25 Å². The van der Waals surface area contributed by atoms with Gasteiger partial charge in [-0.15, -0.1) is 0 Å². The van der Waals surface area contributed by atoms with E-state index in [-0.39, 0.29) is 11.3 Å². The van der Waals surface area contributed by atoms with Crippen molar-refractivity contribution in [3.63, 3.8) is 0 Å². The first kappa shape index (κ1) is 11.7. The maximum Gasteiger partial charge on any atom is 0.214 e. The van der Waals surface area contributed by atoms with Gasteiger partial charge >= 0.3 is 0 Å². The molecule has 4 nitrogen and oxygen atoms in total. The number of sulfonamides is 1. The molecule has 1 atom stereocenters. The van der Waals surface area contributed by atoms with Crippen LogP contribution in [0.15, 0.2) is 0 Å². The fourth-order valence-electron chi connectivity index (χ4n) is 2.06. The van der Waals surface area contributed by atoms with Gasteiger partial charge in [-0.2, -0.15) is 11.8 Å². The molecule has 0 amide bonds. The van der Waals surface area contributed by atoms with Crippen LogP contribution in [0.3, 0.4) is 0 Å². The molecule has 0 aromatic heterocycles. The van der Waals surface area contributed by atoms with E-state index in [1.165, 1.54) is 0 Å². The fraction of sp³-hybridized carbons (Fsp3) is 1.00. The van der Waals surface area contributed by atoms with Crippen molar-refractivity contribution in [3.05, 3.63) is 0 Å². The Labute approximate surface area is 95.6 Å². The minimum absolute atomic E-state index is 0.176. The molecule has 2 aliphatic rings. The third kappa shape index (κ3) is 3.09. The highest BCUT2D eigenvalue weighted by Gasteiger charge is 2.30. The summed E-state index contributed by atoms with van der Waals surface area (Å²) in [6.07, 6.45) is 2.47. The standard InChI is InChI=1S/C9H18N2O2S2/c12-15(13,9-1-4-10-5-2-9)11-8-3-6-14-7-8/h8-11H,1-7H2. The van der Waals surface area contributed by atoms with Crippen molar-refractivity contribution in [1.82, 2.24) is 10.0 Å². The van der Waals surface area contributed by atoms with Crippen LogP contribution < -0.4 is 10.0 Å². The second-order valence-corrected chi connectivity index (χ2v) is 7.31. The molecule has 15 heavy (non-hydrogen) atoms. The predicted octanol–water partition coefficient (Wildman–Crippen LogP) is 0.163. The number of nitrogens with one attached hydrogen (secondary N) is 2. The van der Waals surface area contributed by atoms with E-state index in [2.05, 4.69) is 10.0 Å². The summed E-state index contributed by atoms with van der Waals surface area (Å²) in [6.45, 7) is 1.65. The largest absolute Gasteiger partial charge is 0.317 e. The van der Waals surface area contributed by atoms with E-state index in [1.54, 1.807) is 0 Å². The third-order valence-corrected chi connectivity index (χ3v) is 6.16. The van der Waals surface area contributed by atoms with Gasteiger partial charge in [0.1, 0.15) is 0 Å². The third-order valence-electron chi connectivity index (χ3n) is 2.99. The zero-order valence-corrected chi connectivity index (χ0v) is 10.4. The lowest BCUT2D eigenvalue weighted by molar-refractivity contribution is 0.483. The lowest BCUT2D eigenvalue weighted by atomic mass is 10.2. The molecule has 6 heteroatoms. The first-order chi connectivity index (χ1) is 7.18. The van der Waals surface area contributed by atoms with Crippen LogP contribution in [-0.2, 0) is 10.0 Å². The highest BCUT2D eigenvalue weighted by molar-refractivity contribution is 7.99. The molecule has 0 radical (unpaired) electrons. The number of thioether (sulfide) groups is 1. The average molecular weight is 250 g/mol. The summed E-state index contributed by atoms with van der Waals surface area (Å²) in [5.41, 5.74) is 0.